The van der Waals surface area contributed by atoms with Crippen molar-refractivity contribution < 1.29 is 19.4 Å². The normalized spacial score (nSPS) is 11.5. The molecule has 0 fully saturated rings. The van der Waals surface area contributed by atoms with E-state index in [1.165, 1.54) is 7.11 Å². The number of hydrogen-bond acceptors (Lipinski definition) is 4. The molecule has 1 N–H and O–H groups in total. The van der Waals surface area contributed by atoms with Crippen molar-refractivity contribution in [2.24, 2.45) is 0 Å². The van der Waals surface area contributed by atoms with E-state index in [1.807, 2.05) is 0 Å². The van der Waals surface area contributed by atoms with Gasteiger partial charge in [-0.1, -0.05) is 0 Å². The molecule has 0 unspecified atom stereocenters. The minimum absolute atomic E-state index is 0.169. The van der Waals surface area contributed by atoms with Crippen LogP contribution in [-0.4, -0.2) is 36.6 Å². The highest BCUT2D eigenvalue weighted by Crippen LogP contribution is 2.00. The third-order valence-corrected chi connectivity index (χ3v) is 1.35. The summed E-state index contributed by atoms with van der Waals surface area (Å²) in [5, 5.41) is 9.12. The van der Waals surface area contributed by atoms with Gasteiger partial charge < -0.3 is 14.7 Å². The average Bonchev–Trinajstić information content (AvgIpc) is 2.04. The van der Waals surface area contributed by atoms with Crippen molar-refractivity contribution in [3.63, 3.8) is 0 Å². The lowest BCUT2D eigenvalue weighted by molar-refractivity contribution is -0.143. The van der Waals surface area contributed by atoms with Crippen molar-refractivity contribution >= 4 is 11.8 Å². The van der Waals surface area contributed by atoms with Crippen molar-refractivity contribution in [3.8, 4) is 0 Å². The Morgan fingerprint density at radius 1 is 1.54 bits per heavy atom. The Hall–Kier alpha value is -1.41. The van der Waals surface area contributed by atoms with Crippen molar-refractivity contribution in [1.29, 1.82) is 0 Å². The van der Waals surface area contributed by atoms with Gasteiger partial charge in [0.1, 0.15) is 0 Å². The van der Waals surface area contributed by atoms with Gasteiger partial charge in [0.2, 0.25) is 5.78 Å². The second-order valence-corrected chi connectivity index (χ2v) is 2.49. The van der Waals surface area contributed by atoms with Crippen molar-refractivity contribution in [2.45, 2.75) is 18.9 Å². The van der Waals surface area contributed by atoms with Crippen molar-refractivity contribution in [2.75, 3.05) is 13.7 Å². The summed E-state index contributed by atoms with van der Waals surface area (Å²) in [7, 11) is 1.20. The van der Waals surface area contributed by atoms with Gasteiger partial charge in [-0.25, -0.2) is 6.57 Å². The van der Waals surface area contributed by atoms with Crippen molar-refractivity contribution in [1.82, 2.24) is 0 Å². The summed E-state index contributed by atoms with van der Waals surface area (Å²) in [6, 6.07) is 0. The Morgan fingerprint density at radius 2 is 2.15 bits per heavy atom. The SMILES string of the molecule is [C-]#[N+]CC(=O)C[C@@H](O)CC(=O)OC. The van der Waals surface area contributed by atoms with E-state index in [9.17, 15) is 9.59 Å². The Bertz CT molecular complexity index is 231. The summed E-state index contributed by atoms with van der Waals surface area (Å²) in [6.45, 7) is 6.13. The topological polar surface area (TPSA) is 68.0 Å². The number of Topliss-reactive ketones (excluding diaryl/α,β-unsaturated/α-hetero) is 1. The Labute approximate surface area is 76.1 Å². The monoisotopic (exact) mass is 185 g/mol. The van der Waals surface area contributed by atoms with Crippen LogP contribution in [0.15, 0.2) is 0 Å². The largest absolute Gasteiger partial charge is 0.469 e. The highest BCUT2D eigenvalue weighted by molar-refractivity contribution is 5.83. The lowest BCUT2D eigenvalue weighted by Crippen LogP contribution is -2.19. The van der Waals surface area contributed by atoms with Crippen LogP contribution in [0.2, 0.25) is 0 Å². The van der Waals surface area contributed by atoms with Crippen LogP contribution in [0.25, 0.3) is 4.85 Å². The van der Waals surface area contributed by atoms with Crippen LogP contribution in [0.1, 0.15) is 12.8 Å². The van der Waals surface area contributed by atoms with Gasteiger partial charge in [0.05, 0.1) is 19.6 Å². The minimum Gasteiger partial charge on any atom is -0.469 e. The molecule has 13 heavy (non-hydrogen) atoms. The van der Waals surface area contributed by atoms with Crippen LogP contribution in [-0.2, 0) is 14.3 Å². The van der Waals surface area contributed by atoms with Crippen LogP contribution in [0.3, 0.4) is 0 Å². The molecule has 0 saturated heterocycles. The molecular formula is C8H11NO4. The first-order valence-corrected chi connectivity index (χ1v) is 3.70. The lowest BCUT2D eigenvalue weighted by atomic mass is 10.1. The molecule has 5 nitrogen and oxygen atoms in total. The molecule has 0 bridgehead atoms. The lowest BCUT2D eigenvalue weighted by Gasteiger charge is -2.05. The van der Waals surface area contributed by atoms with Gasteiger partial charge in [-0.05, 0) is 0 Å². The molecule has 0 spiro atoms. The molecule has 0 heterocycles. The summed E-state index contributed by atoms with van der Waals surface area (Å²) in [4.78, 5) is 24.3. The van der Waals surface area contributed by atoms with Gasteiger partial charge in [-0.3, -0.25) is 9.59 Å². The Balaban J connectivity index is 3.75. The number of nitrogens with zero attached hydrogens (tertiary/aromatic N) is 1. The van der Waals surface area contributed by atoms with Crippen molar-refractivity contribution in [3.05, 3.63) is 11.4 Å². The number of ketones is 1. The first kappa shape index (κ1) is 11.6. The summed E-state index contributed by atoms with van der Waals surface area (Å²) in [5.41, 5.74) is 0. The molecule has 5 heteroatoms. The first-order chi connectivity index (χ1) is 6.10. The molecule has 0 aromatic carbocycles. The second kappa shape index (κ2) is 6.14. The second-order valence-electron chi connectivity index (χ2n) is 2.49. The van der Waals surface area contributed by atoms with E-state index < -0.39 is 12.1 Å². The highest BCUT2D eigenvalue weighted by atomic mass is 16.5. The molecule has 0 amide bonds. The van der Waals surface area contributed by atoms with Crippen LogP contribution in [0.5, 0.6) is 0 Å². The molecule has 0 aliphatic rings. The maximum absolute atomic E-state index is 10.8. The van der Waals surface area contributed by atoms with E-state index in [4.69, 9.17) is 11.7 Å². The first-order valence-electron chi connectivity index (χ1n) is 3.70. The fourth-order valence-corrected chi connectivity index (χ4v) is 0.763. The molecule has 0 aliphatic heterocycles. The third kappa shape index (κ3) is 5.82. The molecule has 1 atom stereocenters. The molecule has 0 aromatic rings. The van der Waals surface area contributed by atoms with E-state index in [-0.39, 0.29) is 25.2 Å². The Morgan fingerprint density at radius 3 is 2.62 bits per heavy atom. The quantitative estimate of drug-likeness (QED) is 0.475. The summed E-state index contributed by atoms with van der Waals surface area (Å²) in [5.74, 6) is -0.936. The molecule has 0 saturated carbocycles. The number of carbonyl (C=O) groups is 2. The number of methoxy groups -OCH3 is 1. The number of aliphatic hydroxyl groups excluding tert-OH is 1. The number of aliphatic hydroxyl groups is 1. The number of hydrogen-bond donors (Lipinski definition) is 1. The zero-order valence-corrected chi connectivity index (χ0v) is 7.32. The third-order valence-electron chi connectivity index (χ3n) is 1.35. The van der Waals surface area contributed by atoms with E-state index in [1.54, 1.807) is 0 Å². The maximum Gasteiger partial charge on any atom is 0.308 e. The fraction of sp³-hybridized carbons (Fsp3) is 0.625. The van der Waals surface area contributed by atoms with Crippen LogP contribution >= 0.6 is 0 Å². The molecule has 72 valence electrons. The van der Waals surface area contributed by atoms with E-state index in [0.717, 1.165) is 0 Å². The van der Waals surface area contributed by atoms with Gasteiger partial charge in [0, 0.05) is 6.42 Å². The van der Waals surface area contributed by atoms with Gasteiger partial charge in [-0.2, -0.15) is 0 Å². The van der Waals surface area contributed by atoms with E-state index in [2.05, 4.69) is 9.58 Å². The molecule has 0 rings (SSSR count). The zero-order valence-electron chi connectivity index (χ0n) is 7.32. The summed E-state index contributed by atoms with van der Waals surface area (Å²) >= 11 is 0. The standard InChI is InChI=1S/C8H11NO4/c1-9-5-7(11)3-6(10)4-8(12)13-2/h6,10H,3-5H2,2H3/t6-/m1/s1. The number of carbonyl (C=O) groups excluding carboxylic acids is 2. The number of rotatable bonds is 5. The van der Waals surface area contributed by atoms with Crippen LogP contribution < -0.4 is 0 Å². The molecule has 0 aliphatic carbocycles. The smallest absolute Gasteiger partial charge is 0.308 e. The zero-order chi connectivity index (χ0) is 10.3. The summed E-state index contributed by atoms with van der Waals surface area (Å²) < 4.78 is 4.29. The van der Waals surface area contributed by atoms with E-state index in [0.29, 0.717) is 0 Å². The fourth-order valence-electron chi connectivity index (χ4n) is 0.763. The summed E-state index contributed by atoms with van der Waals surface area (Å²) in [6.07, 6.45) is -1.42. The average molecular weight is 185 g/mol. The predicted molar refractivity (Wildman–Crippen MR) is 43.7 cm³/mol. The molecule has 0 radical (unpaired) electrons. The number of esters is 1. The minimum atomic E-state index is -1.04. The van der Waals surface area contributed by atoms with Gasteiger partial charge in [0.25, 0.3) is 6.54 Å². The Kier molecular flexibility index (Phi) is 5.48. The number of ether oxygens (including phenoxy) is 1. The maximum atomic E-state index is 10.8. The van der Waals surface area contributed by atoms with Gasteiger partial charge >= 0.3 is 5.97 Å². The van der Waals surface area contributed by atoms with Crippen LogP contribution in [0, 0.1) is 6.57 Å². The predicted octanol–water partition coefficient (Wildman–Crippen LogP) is -0.211. The van der Waals surface area contributed by atoms with Gasteiger partial charge in [0.15, 0.2) is 0 Å². The highest BCUT2D eigenvalue weighted by Gasteiger charge is 2.16. The van der Waals surface area contributed by atoms with E-state index >= 15 is 0 Å². The van der Waals surface area contributed by atoms with Gasteiger partial charge in [-0.15, -0.1) is 0 Å². The van der Waals surface area contributed by atoms with Crippen LogP contribution in [0.4, 0.5) is 0 Å². The molecular weight excluding hydrogens is 174 g/mol. The molecule has 0 aromatic heterocycles.